The van der Waals surface area contributed by atoms with E-state index < -0.39 is 42.2 Å². The van der Waals surface area contributed by atoms with Crippen LogP contribution in [0.3, 0.4) is 0 Å². The number of likely N-dealkylation sites (tertiary alicyclic amines) is 2. The zero-order valence-corrected chi connectivity index (χ0v) is 40.3. The monoisotopic (exact) mass is 946 g/mol. The molecule has 16 heteroatoms. The van der Waals surface area contributed by atoms with Crippen LogP contribution in [0.5, 0.6) is 0 Å². The highest BCUT2D eigenvalue weighted by atomic mass is 35.5. The third-order valence-corrected chi connectivity index (χ3v) is 13.2. The number of nitrogens with zero attached hydrogens (tertiary/aromatic N) is 2. The third-order valence-electron chi connectivity index (χ3n) is 13.2. The van der Waals surface area contributed by atoms with Gasteiger partial charge in [-0.3, -0.25) is 28.8 Å². The molecule has 2 aliphatic heterocycles. The molecule has 66 heavy (non-hydrogen) atoms. The van der Waals surface area contributed by atoms with Gasteiger partial charge in [0.2, 0.25) is 35.4 Å². The standard InChI is InChI=1S/C50H66N8O6.2ClH/c1-5-18-40(52-4)46(60)56-42(50(64)58-32-17-30-44(58)48(62)54-39-28-15-22-35-20-11-13-24-37(35)39)26-9-7-6-8-25-41(55-45(59)33(2)51-3)49(63)57-31-16-29-43(57)47(61)53-38-27-14-21-34-19-10-12-23-36(34)38;;/h10-13,19-20,23-24,33,38-44,51-52H,5,14-18,21-22,25-32H2,1-4H3,(H,53,61)(H,54,62)(H,55,59)(H,56,60);2*1H/t33-,38+,39-,40-,41-,42-,43-,44-;;/m0../s1. The molecule has 358 valence electrons. The Kier molecular flexibility index (Phi) is 21.3. The van der Waals surface area contributed by atoms with Crippen LogP contribution in [0.4, 0.5) is 0 Å². The second kappa shape index (κ2) is 26.3. The summed E-state index contributed by atoms with van der Waals surface area (Å²) in [7, 11) is 3.35. The Morgan fingerprint density at radius 3 is 1.52 bits per heavy atom. The van der Waals surface area contributed by atoms with Crippen molar-refractivity contribution in [1.29, 1.82) is 0 Å². The smallest absolute Gasteiger partial charge is 0.246 e. The molecule has 0 unspecified atom stereocenters. The highest BCUT2D eigenvalue weighted by Gasteiger charge is 2.40. The van der Waals surface area contributed by atoms with E-state index in [2.05, 4.69) is 79.8 Å². The van der Waals surface area contributed by atoms with Crippen LogP contribution < -0.4 is 31.9 Å². The fraction of sp³-hybridized carbons (Fsp3) is 0.560. The number of rotatable bonds is 16. The number of nitrogens with one attached hydrogen (secondary N) is 6. The van der Waals surface area contributed by atoms with Crippen molar-refractivity contribution in [3.05, 3.63) is 70.8 Å². The van der Waals surface area contributed by atoms with Crippen LogP contribution in [0.2, 0.25) is 0 Å². The number of carbonyl (C=O) groups is 6. The normalized spacial score (nSPS) is 21.2. The van der Waals surface area contributed by atoms with Crippen LogP contribution >= 0.6 is 24.8 Å². The fourth-order valence-electron chi connectivity index (χ4n) is 9.54. The van der Waals surface area contributed by atoms with E-state index in [4.69, 9.17) is 0 Å². The molecular formula is C50H68Cl2N8O6. The zero-order chi connectivity index (χ0) is 45.6. The lowest BCUT2D eigenvalue weighted by molar-refractivity contribution is -0.141. The molecular weight excluding hydrogens is 880 g/mol. The molecule has 0 radical (unpaired) electrons. The van der Waals surface area contributed by atoms with Crippen molar-refractivity contribution in [2.24, 2.45) is 0 Å². The number of fused-ring (bicyclic) bond motifs is 2. The molecule has 6 rings (SSSR count). The first-order valence-electron chi connectivity index (χ1n) is 23.3. The number of carbonyl (C=O) groups excluding carboxylic acids is 6. The van der Waals surface area contributed by atoms with Crippen LogP contribution in [0.1, 0.15) is 125 Å². The Morgan fingerprint density at radius 1 is 0.621 bits per heavy atom. The van der Waals surface area contributed by atoms with E-state index in [0.717, 1.165) is 56.1 Å². The van der Waals surface area contributed by atoms with Gasteiger partial charge in [-0.15, -0.1) is 24.8 Å². The minimum absolute atomic E-state index is 0. The Balaban J connectivity index is 0.00000476. The number of amides is 6. The van der Waals surface area contributed by atoms with Gasteiger partial charge in [-0.2, -0.15) is 0 Å². The lowest BCUT2D eigenvalue weighted by Gasteiger charge is -2.31. The second-order valence-corrected chi connectivity index (χ2v) is 17.5. The number of likely N-dealkylation sites (N-methyl/N-ethyl adjacent to an activating group) is 2. The third kappa shape index (κ3) is 13.5. The number of aryl methyl sites for hydroxylation is 2. The Hall–Kier alpha value is -5.12. The van der Waals surface area contributed by atoms with Gasteiger partial charge in [0.1, 0.15) is 24.2 Å². The van der Waals surface area contributed by atoms with Crippen molar-refractivity contribution in [2.45, 2.75) is 152 Å². The van der Waals surface area contributed by atoms with Crippen LogP contribution in [0.15, 0.2) is 48.5 Å². The molecule has 8 atom stereocenters. The molecule has 14 nitrogen and oxygen atoms in total. The van der Waals surface area contributed by atoms with Crippen molar-refractivity contribution in [1.82, 2.24) is 41.7 Å². The average Bonchev–Trinajstić information content (AvgIpc) is 4.02. The maximum absolute atomic E-state index is 14.3. The maximum Gasteiger partial charge on any atom is 0.246 e. The summed E-state index contributed by atoms with van der Waals surface area (Å²) < 4.78 is 0. The first-order chi connectivity index (χ1) is 31.0. The van der Waals surface area contributed by atoms with Gasteiger partial charge in [0.15, 0.2) is 0 Å². The lowest BCUT2D eigenvalue weighted by atomic mass is 9.87. The summed E-state index contributed by atoms with van der Waals surface area (Å²) in [5.41, 5.74) is 4.68. The molecule has 2 aromatic rings. The molecule has 2 fully saturated rings. The van der Waals surface area contributed by atoms with Gasteiger partial charge in [0, 0.05) is 25.9 Å². The Labute approximate surface area is 402 Å². The number of benzene rings is 2. The average molecular weight is 948 g/mol. The molecule has 0 bridgehead atoms. The molecule has 4 aliphatic rings. The zero-order valence-electron chi connectivity index (χ0n) is 38.7. The largest absolute Gasteiger partial charge is 0.347 e. The summed E-state index contributed by atoms with van der Waals surface area (Å²) in [5.74, 6) is 9.55. The Bertz CT molecular complexity index is 2150. The van der Waals surface area contributed by atoms with Crippen molar-refractivity contribution < 1.29 is 28.8 Å². The molecule has 6 amide bonds. The van der Waals surface area contributed by atoms with E-state index in [1.165, 1.54) is 11.1 Å². The van der Waals surface area contributed by atoms with E-state index in [1.807, 2.05) is 31.2 Å². The summed E-state index contributed by atoms with van der Waals surface area (Å²) in [6, 6.07) is 11.5. The number of hydrogen-bond donors (Lipinski definition) is 6. The quantitative estimate of drug-likeness (QED) is 0.137. The molecule has 2 aromatic carbocycles. The summed E-state index contributed by atoms with van der Waals surface area (Å²) in [6.07, 6.45) is 9.04. The van der Waals surface area contributed by atoms with Gasteiger partial charge in [0.05, 0.1) is 24.2 Å². The second-order valence-electron chi connectivity index (χ2n) is 17.5. The molecule has 2 heterocycles. The predicted molar refractivity (Wildman–Crippen MR) is 259 cm³/mol. The van der Waals surface area contributed by atoms with Crippen LogP contribution in [0.25, 0.3) is 0 Å². The van der Waals surface area contributed by atoms with Crippen molar-refractivity contribution >= 4 is 60.3 Å². The van der Waals surface area contributed by atoms with Gasteiger partial charge >= 0.3 is 0 Å². The van der Waals surface area contributed by atoms with Gasteiger partial charge in [0.25, 0.3) is 0 Å². The van der Waals surface area contributed by atoms with E-state index in [1.54, 1.807) is 30.8 Å². The molecule has 2 aliphatic carbocycles. The number of halogens is 2. The molecule has 0 aromatic heterocycles. The van der Waals surface area contributed by atoms with Crippen molar-refractivity contribution in [3.8, 4) is 23.7 Å². The summed E-state index contributed by atoms with van der Waals surface area (Å²) in [6.45, 7) is 4.42. The minimum atomic E-state index is -1.03. The predicted octanol–water partition coefficient (Wildman–Crippen LogP) is 3.95. The van der Waals surface area contributed by atoms with Crippen molar-refractivity contribution in [2.75, 3.05) is 27.2 Å². The van der Waals surface area contributed by atoms with E-state index >= 15 is 0 Å². The Morgan fingerprint density at radius 2 is 1.08 bits per heavy atom. The molecule has 6 N–H and O–H groups in total. The minimum Gasteiger partial charge on any atom is -0.347 e. The van der Waals surface area contributed by atoms with E-state index in [0.29, 0.717) is 45.2 Å². The highest BCUT2D eigenvalue weighted by Crippen LogP contribution is 2.32. The van der Waals surface area contributed by atoms with Crippen LogP contribution in [0, 0.1) is 23.7 Å². The summed E-state index contributed by atoms with van der Waals surface area (Å²) in [5, 5.41) is 18.1. The molecule has 0 saturated carbocycles. The fourth-order valence-corrected chi connectivity index (χ4v) is 9.54. The van der Waals surface area contributed by atoms with Crippen LogP contribution in [-0.4, -0.2) is 109 Å². The molecule has 0 spiro atoms. The van der Waals surface area contributed by atoms with E-state index in [-0.39, 0.29) is 79.3 Å². The van der Waals surface area contributed by atoms with Gasteiger partial charge in [-0.05, 0) is 126 Å². The SMILES string of the molecule is CCC[C@H](NC)C(=O)N[C@@H](CC#CC#CC[C@H](NC(=O)[C@H](C)NC)C(=O)N1CCC[C@H]1C(=O)N[C@@H]1CCCc2ccccc21)C(=O)N1CCC[C@H]1C(=O)N[C@H]1CCCc2ccccc21.Cl.Cl. The first-order valence-corrected chi connectivity index (χ1v) is 23.3. The topological polar surface area (TPSA) is 181 Å². The summed E-state index contributed by atoms with van der Waals surface area (Å²) >= 11 is 0. The van der Waals surface area contributed by atoms with Crippen LogP contribution in [-0.2, 0) is 41.6 Å². The highest BCUT2D eigenvalue weighted by molar-refractivity contribution is 5.95. The summed E-state index contributed by atoms with van der Waals surface area (Å²) in [4.78, 5) is 85.7. The van der Waals surface area contributed by atoms with E-state index in [9.17, 15) is 28.8 Å². The number of hydrogen-bond acceptors (Lipinski definition) is 8. The first kappa shape index (κ1) is 53.5. The maximum atomic E-state index is 14.3. The van der Waals surface area contributed by atoms with Gasteiger partial charge < -0.3 is 41.7 Å². The van der Waals surface area contributed by atoms with Gasteiger partial charge in [-0.1, -0.05) is 73.7 Å². The van der Waals surface area contributed by atoms with Crippen molar-refractivity contribution in [3.63, 3.8) is 0 Å². The molecule has 2 saturated heterocycles. The van der Waals surface area contributed by atoms with Gasteiger partial charge in [-0.25, -0.2) is 0 Å². The lowest BCUT2D eigenvalue weighted by Crippen LogP contribution is -2.56.